The van der Waals surface area contributed by atoms with Gasteiger partial charge in [-0.25, -0.2) is 9.97 Å². The summed E-state index contributed by atoms with van der Waals surface area (Å²) in [5.41, 5.74) is 8.93. The highest BCUT2D eigenvalue weighted by Gasteiger charge is 2.34. The standard InChI is InChI=1S/C32H39N3O3.C31H37N3O3/c1-3-35(25-14-8-5-9-15-25)31(36)29-26-16-10-11-17-28(26)33-30(23-12-6-4-7-13-23)27(29)22-34-20-18-24(19-21-34)32(37)38-2;1-2-34(24-13-7-4-8-14-24)30(35)28-25-15-9-10-16-27(25)32-29(22-11-5-3-6-12-22)26(28)21-33-19-17-23(18-20-33)31(36)37/h4,6-7,10-13,16-17,24-25H,3,5,8-9,14-15,18-22H2,1-2H3;3,5-6,9-12,15-16,23-24H,2,4,7-8,13-14,17-21H2,1H3,(H,36,37). The van der Waals surface area contributed by atoms with Crippen molar-refractivity contribution in [1.29, 1.82) is 0 Å². The van der Waals surface area contributed by atoms with Crippen LogP contribution in [0, 0.1) is 11.8 Å². The number of carbonyl (C=O) groups is 4. The van der Waals surface area contributed by atoms with E-state index in [0.717, 1.165) is 118 Å². The van der Waals surface area contributed by atoms with Crippen molar-refractivity contribution in [3.63, 3.8) is 0 Å². The molecule has 4 aromatic carbocycles. The lowest BCUT2D eigenvalue weighted by Crippen LogP contribution is -2.42. The molecule has 0 unspecified atom stereocenters. The zero-order valence-electron chi connectivity index (χ0n) is 44.4. The zero-order chi connectivity index (χ0) is 52.3. The number of benzene rings is 4. The maximum atomic E-state index is 14.5. The maximum Gasteiger partial charge on any atom is 0.308 e. The molecule has 0 atom stereocenters. The summed E-state index contributed by atoms with van der Waals surface area (Å²) in [4.78, 5) is 71.8. The Labute approximate surface area is 443 Å². The number of esters is 1. The van der Waals surface area contributed by atoms with Crippen LogP contribution < -0.4 is 0 Å². The van der Waals surface area contributed by atoms with Crippen molar-refractivity contribution in [3.05, 3.63) is 131 Å². The fourth-order valence-corrected chi connectivity index (χ4v) is 12.5. The number of rotatable bonds is 14. The van der Waals surface area contributed by atoms with Crippen molar-refractivity contribution in [2.24, 2.45) is 11.8 Å². The number of hydrogen-bond acceptors (Lipinski definition) is 9. The summed E-state index contributed by atoms with van der Waals surface area (Å²) >= 11 is 0. The van der Waals surface area contributed by atoms with Gasteiger partial charge >= 0.3 is 11.9 Å². The van der Waals surface area contributed by atoms with Crippen LogP contribution in [-0.4, -0.2) is 117 Å². The second-order valence-electron chi connectivity index (χ2n) is 21.1. The van der Waals surface area contributed by atoms with Gasteiger partial charge in [0.2, 0.25) is 0 Å². The van der Waals surface area contributed by atoms with Gasteiger partial charge in [0.05, 0.1) is 52.5 Å². The van der Waals surface area contributed by atoms with Gasteiger partial charge in [0.15, 0.2) is 0 Å². The van der Waals surface area contributed by atoms with Gasteiger partial charge in [-0.1, -0.05) is 136 Å². The normalized spacial score (nSPS) is 17.5. The molecule has 0 bridgehead atoms. The summed E-state index contributed by atoms with van der Waals surface area (Å²) in [5.74, 6) is -0.955. The fourth-order valence-electron chi connectivity index (χ4n) is 12.5. The van der Waals surface area contributed by atoms with Crippen molar-refractivity contribution in [2.75, 3.05) is 46.4 Å². The summed E-state index contributed by atoms with van der Waals surface area (Å²) in [6.07, 6.45) is 14.3. The van der Waals surface area contributed by atoms with Gasteiger partial charge in [-0.3, -0.25) is 29.0 Å². The number of nitrogens with zero attached hydrogens (tertiary/aromatic N) is 6. The highest BCUT2D eigenvalue weighted by molar-refractivity contribution is 6.10. The summed E-state index contributed by atoms with van der Waals surface area (Å²) in [7, 11) is 1.46. The Morgan fingerprint density at radius 3 is 1.27 bits per heavy atom. The van der Waals surface area contributed by atoms with Gasteiger partial charge < -0.3 is 19.6 Å². The molecule has 1 N–H and O–H groups in total. The summed E-state index contributed by atoms with van der Waals surface area (Å²) < 4.78 is 5.00. The highest BCUT2D eigenvalue weighted by atomic mass is 16.5. The van der Waals surface area contributed by atoms with Crippen LogP contribution in [0.25, 0.3) is 44.3 Å². The van der Waals surface area contributed by atoms with Crippen LogP contribution in [0.2, 0.25) is 0 Å². The molecule has 2 aliphatic heterocycles. The third-order valence-corrected chi connectivity index (χ3v) is 16.6. The summed E-state index contributed by atoms with van der Waals surface area (Å²) in [6, 6.07) is 37.0. The highest BCUT2D eigenvalue weighted by Crippen LogP contribution is 2.37. The monoisotopic (exact) mass is 1010 g/mol. The number of fused-ring (bicyclic) bond motifs is 2. The smallest absolute Gasteiger partial charge is 0.308 e. The Morgan fingerprint density at radius 1 is 0.520 bits per heavy atom. The van der Waals surface area contributed by atoms with Crippen LogP contribution >= 0.6 is 0 Å². The number of carboxylic acids is 1. The Hall–Kier alpha value is -6.50. The second kappa shape index (κ2) is 25.4. The van der Waals surface area contributed by atoms with E-state index in [1.807, 2.05) is 84.9 Å². The molecular formula is C63H76N6O6. The van der Waals surface area contributed by atoms with E-state index in [0.29, 0.717) is 52.1 Å². The molecule has 2 saturated heterocycles. The van der Waals surface area contributed by atoms with E-state index in [4.69, 9.17) is 14.7 Å². The third-order valence-electron chi connectivity index (χ3n) is 16.6. The lowest BCUT2D eigenvalue weighted by Gasteiger charge is -2.35. The lowest BCUT2D eigenvalue weighted by molar-refractivity contribution is -0.147. The van der Waals surface area contributed by atoms with Crippen molar-refractivity contribution in [1.82, 2.24) is 29.6 Å². The first-order valence-corrected chi connectivity index (χ1v) is 28.0. The molecule has 75 heavy (non-hydrogen) atoms. The summed E-state index contributed by atoms with van der Waals surface area (Å²) in [6.45, 7) is 9.75. The van der Waals surface area contributed by atoms with Crippen LogP contribution in [0.5, 0.6) is 0 Å². The van der Waals surface area contributed by atoms with Crippen LogP contribution in [0.1, 0.15) is 136 Å². The third kappa shape index (κ3) is 12.3. The van der Waals surface area contributed by atoms with Crippen molar-refractivity contribution in [3.8, 4) is 22.5 Å². The zero-order valence-corrected chi connectivity index (χ0v) is 44.4. The molecule has 2 aromatic heterocycles. The average Bonchev–Trinajstić information content (AvgIpc) is 3.46. The molecule has 0 radical (unpaired) electrons. The number of ether oxygens (including phenoxy) is 1. The quantitative estimate of drug-likeness (QED) is 0.105. The number of aromatic nitrogens is 2. The average molecular weight is 1010 g/mol. The number of aliphatic carboxylic acids is 1. The van der Waals surface area contributed by atoms with Crippen LogP contribution in [-0.2, 0) is 27.4 Å². The second-order valence-corrected chi connectivity index (χ2v) is 21.1. The molecule has 0 spiro atoms. The number of hydrogen-bond donors (Lipinski definition) is 1. The van der Waals surface area contributed by atoms with E-state index in [-0.39, 0.29) is 41.7 Å². The van der Waals surface area contributed by atoms with Gasteiger partial charge in [0, 0.05) is 71.3 Å². The molecule has 2 aliphatic carbocycles. The molecule has 4 heterocycles. The molecule has 4 fully saturated rings. The first-order chi connectivity index (χ1) is 36.7. The van der Waals surface area contributed by atoms with E-state index < -0.39 is 5.97 Å². The van der Waals surface area contributed by atoms with E-state index >= 15 is 0 Å². The van der Waals surface area contributed by atoms with Gasteiger partial charge in [-0.15, -0.1) is 0 Å². The van der Waals surface area contributed by atoms with Gasteiger partial charge in [0.1, 0.15) is 0 Å². The number of pyridine rings is 2. The Morgan fingerprint density at radius 2 is 0.893 bits per heavy atom. The molecule has 2 amide bonds. The molecule has 12 nitrogen and oxygen atoms in total. The molecule has 6 aromatic rings. The Kier molecular flexibility index (Phi) is 18.0. The lowest BCUT2D eigenvalue weighted by atomic mass is 9.91. The van der Waals surface area contributed by atoms with E-state index in [2.05, 4.69) is 57.7 Å². The molecular weight excluding hydrogens is 937 g/mol. The topological polar surface area (TPSA) is 136 Å². The van der Waals surface area contributed by atoms with E-state index in [9.17, 15) is 24.3 Å². The Bertz CT molecular complexity index is 2900. The van der Waals surface area contributed by atoms with Crippen LogP contribution in [0.4, 0.5) is 0 Å². The number of carbonyl (C=O) groups excluding carboxylic acids is 3. The minimum Gasteiger partial charge on any atom is -0.481 e. The largest absolute Gasteiger partial charge is 0.481 e. The van der Waals surface area contributed by atoms with E-state index in [1.54, 1.807) is 0 Å². The maximum absolute atomic E-state index is 14.5. The molecule has 4 aliphatic rings. The Balaban J connectivity index is 0.000000184. The van der Waals surface area contributed by atoms with Crippen molar-refractivity contribution < 1.29 is 29.0 Å². The minimum atomic E-state index is -0.709. The first kappa shape index (κ1) is 53.3. The van der Waals surface area contributed by atoms with E-state index in [1.165, 1.54) is 45.6 Å². The van der Waals surface area contributed by atoms with Crippen LogP contribution in [0.15, 0.2) is 109 Å². The van der Waals surface area contributed by atoms with Gasteiger partial charge in [0.25, 0.3) is 11.8 Å². The number of carboxylic acid groups (broad SMARTS) is 1. The predicted molar refractivity (Wildman–Crippen MR) is 297 cm³/mol. The van der Waals surface area contributed by atoms with Gasteiger partial charge in [-0.05, 0) is 104 Å². The van der Waals surface area contributed by atoms with Crippen LogP contribution in [0.3, 0.4) is 0 Å². The number of piperidine rings is 2. The minimum absolute atomic E-state index is 0.0532. The summed E-state index contributed by atoms with van der Waals surface area (Å²) in [5, 5.41) is 11.3. The molecule has 12 heteroatoms. The number of methoxy groups -OCH3 is 1. The van der Waals surface area contributed by atoms with Crippen molar-refractivity contribution >= 4 is 45.6 Å². The number of para-hydroxylation sites is 2. The number of likely N-dealkylation sites (tertiary alicyclic amines) is 2. The molecule has 10 rings (SSSR count). The first-order valence-electron chi connectivity index (χ1n) is 28.0. The van der Waals surface area contributed by atoms with Crippen molar-refractivity contribution in [2.45, 2.75) is 129 Å². The van der Waals surface area contributed by atoms with Gasteiger partial charge in [-0.2, -0.15) is 0 Å². The molecule has 2 saturated carbocycles. The fraction of sp³-hybridized carbons (Fsp3) is 0.460. The SMILES string of the molecule is CCN(C(=O)c1c(CN2CCC(C(=O)O)CC2)c(-c2ccccc2)nc2ccccc12)C1CCCCC1.CCN(C(=O)c1c(CN2CCC(C(=O)OC)CC2)c(-c2ccccc2)nc2ccccc12)C1CCCCC1. The predicted octanol–water partition coefficient (Wildman–Crippen LogP) is 12.1. The molecule has 394 valence electrons. The number of amides is 2.